The lowest BCUT2D eigenvalue weighted by molar-refractivity contribution is -0.121. The van der Waals surface area contributed by atoms with Crippen LogP contribution in [0.2, 0.25) is 0 Å². The average molecular weight is 186 g/mol. The summed E-state index contributed by atoms with van der Waals surface area (Å²) in [5.41, 5.74) is 0. The highest BCUT2D eigenvalue weighted by Crippen LogP contribution is 1.97. The molecule has 0 aromatic rings. The zero-order valence-corrected chi connectivity index (χ0v) is 9.02. The van der Waals surface area contributed by atoms with Crippen molar-refractivity contribution in [2.45, 2.75) is 33.1 Å². The number of carbonyl (C=O) groups is 1. The third-order valence-corrected chi connectivity index (χ3v) is 1.77. The van der Waals surface area contributed by atoms with Crippen molar-refractivity contribution in [1.29, 1.82) is 0 Å². The summed E-state index contributed by atoms with van der Waals surface area (Å²) in [6.45, 7) is 5.95. The molecular formula is C10H22N2O. The number of nitrogens with one attached hydrogen (secondary N) is 2. The lowest BCUT2D eigenvalue weighted by atomic mass is 10.1. The van der Waals surface area contributed by atoms with Gasteiger partial charge in [-0.2, -0.15) is 0 Å². The van der Waals surface area contributed by atoms with Gasteiger partial charge in [-0.15, -0.1) is 0 Å². The summed E-state index contributed by atoms with van der Waals surface area (Å²) >= 11 is 0. The minimum absolute atomic E-state index is 0.180. The number of carbonyl (C=O) groups excluding carboxylic acids is 1. The Morgan fingerprint density at radius 2 is 1.85 bits per heavy atom. The van der Waals surface area contributed by atoms with Gasteiger partial charge < -0.3 is 10.6 Å². The lowest BCUT2D eigenvalue weighted by Gasteiger charge is -2.06. The highest BCUT2D eigenvalue weighted by molar-refractivity contribution is 5.75. The van der Waals surface area contributed by atoms with Crippen LogP contribution in [0.4, 0.5) is 0 Å². The van der Waals surface area contributed by atoms with Crippen molar-refractivity contribution in [3.63, 3.8) is 0 Å². The molecular weight excluding hydrogens is 164 g/mol. The molecule has 0 atom stereocenters. The first-order valence-electron chi connectivity index (χ1n) is 5.08. The Morgan fingerprint density at radius 3 is 2.38 bits per heavy atom. The Bertz CT molecular complexity index is 135. The Labute approximate surface area is 81.3 Å². The van der Waals surface area contributed by atoms with E-state index in [0.29, 0.717) is 12.3 Å². The van der Waals surface area contributed by atoms with Crippen LogP contribution in [-0.2, 0) is 4.79 Å². The fraction of sp³-hybridized carbons (Fsp3) is 0.900. The number of hydrogen-bond donors (Lipinski definition) is 2. The van der Waals surface area contributed by atoms with Gasteiger partial charge in [-0.1, -0.05) is 13.8 Å². The minimum atomic E-state index is 0.180. The zero-order valence-electron chi connectivity index (χ0n) is 9.02. The number of unbranched alkanes of at least 4 members (excludes halogenated alkanes) is 1. The molecule has 0 aliphatic rings. The van der Waals surface area contributed by atoms with Crippen molar-refractivity contribution in [2.24, 2.45) is 5.92 Å². The van der Waals surface area contributed by atoms with Gasteiger partial charge in [-0.25, -0.2) is 0 Å². The van der Waals surface area contributed by atoms with E-state index in [1.807, 2.05) is 7.05 Å². The minimum Gasteiger partial charge on any atom is -0.356 e. The van der Waals surface area contributed by atoms with Crippen molar-refractivity contribution in [3.8, 4) is 0 Å². The maximum absolute atomic E-state index is 11.2. The van der Waals surface area contributed by atoms with E-state index in [2.05, 4.69) is 24.5 Å². The van der Waals surface area contributed by atoms with Crippen LogP contribution in [0.1, 0.15) is 33.1 Å². The molecule has 0 aliphatic carbocycles. The van der Waals surface area contributed by atoms with E-state index in [9.17, 15) is 4.79 Å². The molecule has 0 fully saturated rings. The van der Waals surface area contributed by atoms with Crippen LogP contribution in [-0.4, -0.2) is 26.0 Å². The Kier molecular flexibility index (Phi) is 7.69. The van der Waals surface area contributed by atoms with Gasteiger partial charge in [0.2, 0.25) is 5.91 Å². The van der Waals surface area contributed by atoms with Gasteiger partial charge in [-0.05, 0) is 32.4 Å². The molecule has 0 spiro atoms. The molecule has 0 saturated carbocycles. The molecule has 1 amide bonds. The van der Waals surface area contributed by atoms with Crippen LogP contribution in [0.15, 0.2) is 0 Å². The fourth-order valence-corrected chi connectivity index (χ4v) is 1.10. The van der Waals surface area contributed by atoms with Crippen LogP contribution in [0.25, 0.3) is 0 Å². The van der Waals surface area contributed by atoms with Gasteiger partial charge >= 0.3 is 0 Å². The standard InChI is InChI=1S/C10H22N2O/c1-9(2)8-10(13)12-7-5-4-6-11-3/h9,11H,4-8H2,1-3H3,(H,12,13). The molecule has 0 radical (unpaired) electrons. The molecule has 3 nitrogen and oxygen atoms in total. The van der Waals surface area contributed by atoms with Gasteiger partial charge in [0.25, 0.3) is 0 Å². The Balaban J connectivity index is 3.17. The van der Waals surface area contributed by atoms with Crippen LogP contribution in [0.3, 0.4) is 0 Å². The smallest absolute Gasteiger partial charge is 0.220 e. The van der Waals surface area contributed by atoms with Gasteiger partial charge in [0.05, 0.1) is 0 Å². The molecule has 0 aromatic carbocycles. The van der Waals surface area contributed by atoms with Gasteiger partial charge in [0.1, 0.15) is 0 Å². The van der Waals surface area contributed by atoms with Crippen LogP contribution >= 0.6 is 0 Å². The van der Waals surface area contributed by atoms with E-state index >= 15 is 0 Å². The summed E-state index contributed by atoms with van der Waals surface area (Å²) in [6.07, 6.45) is 2.83. The number of rotatable bonds is 7. The molecule has 3 heteroatoms. The molecule has 0 saturated heterocycles. The molecule has 78 valence electrons. The second-order valence-corrected chi connectivity index (χ2v) is 3.76. The summed E-state index contributed by atoms with van der Waals surface area (Å²) < 4.78 is 0. The molecule has 0 bridgehead atoms. The largest absolute Gasteiger partial charge is 0.356 e. The first-order chi connectivity index (χ1) is 6.16. The topological polar surface area (TPSA) is 41.1 Å². The molecule has 0 heterocycles. The van der Waals surface area contributed by atoms with Crippen LogP contribution in [0.5, 0.6) is 0 Å². The van der Waals surface area contributed by atoms with E-state index in [0.717, 1.165) is 25.9 Å². The molecule has 0 aliphatic heterocycles. The van der Waals surface area contributed by atoms with Crippen molar-refractivity contribution in [3.05, 3.63) is 0 Å². The second-order valence-electron chi connectivity index (χ2n) is 3.76. The molecule has 13 heavy (non-hydrogen) atoms. The summed E-state index contributed by atoms with van der Waals surface area (Å²) in [6, 6.07) is 0. The predicted octanol–water partition coefficient (Wildman–Crippen LogP) is 1.15. The fourth-order valence-electron chi connectivity index (χ4n) is 1.10. The summed E-state index contributed by atoms with van der Waals surface area (Å²) in [7, 11) is 1.94. The quantitative estimate of drug-likeness (QED) is 0.586. The van der Waals surface area contributed by atoms with E-state index < -0.39 is 0 Å². The van der Waals surface area contributed by atoms with Crippen molar-refractivity contribution in [1.82, 2.24) is 10.6 Å². The van der Waals surface area contributed by atoms with Gasteiger partial charge in [0.15, 0.2) is 0 Å². The normalized spacial score (nSPS) is 10.5. The van der Waals surface area contributed by atoms with E-state index in [4.69, 9.17) is 0 Å². The second kappa shape index (κ2) is 8.05. The molecule has 0 rings (SSSR count). The van der Waals surface area contributed by atoms with E-state index in [-0.39, 0.29) is 5.91 Å². The molecule has 0 aromatic heterocycles. The van der Waals surface area contributed by atoms with Crippen LogP contribution in [0, 0.1) is 5.92 Å². The summed E-state index contributed by atoms with van der Waals surface area (Å²) in [5.74, 6) is 0.636. The van der Waals surface area contributed by atoms with Crippen molar-refractivity contribution >= 4 is 5.91 Å². The Hall–Kier alpha value is -0.570. The van der Waals surface area contributed by atoms with Gasteiger partial charge in [0, 0.05) is 13.0 Å². The summed E-state index contributed by atoms with van der Waals surface area (Å²) in [4.78, 5) is 11.2. The first-order valence-corrected chi connectivity index (χ1v) is 5.08. The maximum atomic E-state index is 11.2. The number of hydrogen-bond acceptors (Lipinski definition) is 2. The van der Waals surface area contributed by atoms with Crippen molar-refractivity contribution in [2.75, 3.05) is 20.1 Å². The maximum Gasteiger partial charge on any atom is 0.220 e. The van der Waals surface area contributed by atoms with Crippen molar-refractivity contribution < 1.29 is 4.79 Å². The molecule has 0 unspecified atom stereocenters. The molecule has 2 N–H and O–H groups in total. The highest BCUT2D eigenvalue weighted by atomic mass is 16.1. The summed E-state index contributed by atoms with van der Waals surface area (Å²) in [5, 5.41) is 5.98. The van der Waals surface area contributed by atoms with Crippen LogP contribution < -0.4 is 10.6 Å². The number of amides is 1. The SMILES string of the molecule is CNCCCCNC(=O)CC(C)C. The monoisotopic (exact) mass is 186 g/mol. The lowest BCUT2D eigenvalue weighted by Crippen LogP contribution is -2.26. The van der Waals surface area contributed by atoms with E-state index in [1.165, 1.54) is 0 Å². The van der Waals surface area contributed by atoms with E-state index in [1.54, 1.807) is 0 Å². The zero-order chi connectivity index (χ0) is 10.1. The average Bonchev–Trinajstić information content (AvgIpc) is 2.02. The third-order valence-electron chi connectivity index (χ3n) is 1.77. The van der Waals surface area contributed by atoms with Gasteiger partial charge in [-0.3, -0.25) is 4.79 Å². The first kappa shape index (κ1) is 12.4. The third kappa shape index (κ3) is 9.34. The Morgan fingerprint density at radius 1 is 1.23 bits per heavy atom. The highest BCUT2D eigenvalue weighted by Gasteiger charge is 2.02. The predicted molar refractivity (Wildman–Crippen MR) is 55.6 cm³/mol.